The van der Waals surface area contributed by atoms with Crippen molar-refractivity contribution < 1.29 is 18.0 Å². The van der Waals surface area contributed by atoms with Crippen molar-refractivity contribution >= 4 is 17.5 Å². The number of aromatic nitrogens is 1. The molecule has 1 rings (SSSR count). The van der Waals surface area contributed by atoms with E-state index in [0.29, 0.717) is 11.4 Å². The van der Waals surface area contributed by atoms with E-state index in [0.717, 1.165) is 24.0 Å². The summed E-state index contributed by atoms with van der Waals surface area (Å²) in [6, 6.07) is 2.24. The van der Waals surface area contributed by atoms with Crippen LogP contribution in [0.15, 0.2) is 23.4 Å². The van der Waals surface area contributed by atoms with Gasteiger partial charge in [0.2, 0.25) is 0 Å². The number of Topliss-reactive ketones (excluding diaryl/α,β-unsaturated/α-hetero) is 1. The summed E-state index contributed by atoms with van der Waals surface area (Å²) in [6.45, 7) is 1.74. The Morgan fingerprint density at radius 2 is 2.12 bits per heavy atom. The molecule has 0 atom stereocenters. The molecule has 0 aliphatic carbocycles. The van der Waals surface area contributed by atoms with Gasteiger partial charge in [-0.2, -0.15) is 13.2 Å². The summed E-state index contributed by atoms with van der Waals surface area (Å²) in [5, 5.41) is 0.426. The fraction of sp³-hybridized carbons (Fsp3) is 0.400. The Balaban J connectivity index is 2.62. The summed E-state index contributed by atoms with van der Waals surface area (Å²) < 4.78 is 36.6. The maximum Gasteiger partial charge on any atom is 0.417 e. The van der Waals surface area contributed by atoms with Gasteiger partial charge in [0.05, 0.1) is 16.3 Å². The third kappa shape index (κ3) is 3.84. The number of ketones is 1. The first-order chi connectivity index (χ1) is 7.43. The van der Waals surface area contributed by atoms with Crippen LogP contribution in [0.3, 0.4) is 0 Å². The van der Waals surface area contributed by atoms with Crippen molar-refractivity contribution in [3.63, 3.8) is 0 Å². The van der Waals surface area contributed by atoms with Gasteiger partial charge in [-0.15, -0.1) is 0 Å². The van der Waals surface area contributed by atoms with E-state index < -0.39 is 11.7 Å². The number of alkyl halides is 3. The fourth-order valence-corrected chi connectivity index (χ4v) is 1.69. The molecule has 0 saturated heterocycles. The predicted molar refractivity (Wildman–Crippen MR) is 55.3 cm³/mol. The summed E-state index contributed by atoms with van der Waals surface area (Å²) in [5.41, 5.74) is -0.779. The smallest absolute Gasteiger partial charge is 0.299 e. The minimum Gasteiger partial charge on any atom is -0.299 e. The van der Waals surface area contributed by atoms with Crippen LogP contribution in [0.4, 0.5) is 13.2 Å². The molecule has 6 heteroatoms. The second-order valence-corrected chi connectivity index (χ2v) is 4.06. The Hall–Kier alpha value is -1.04. The number of hydrogen-bond acceptors (Lipinski definition) is 3. The lowest BCUT2D eigenvalue weighted by Crippen LogP contribution is -2.05. The van der Waals surface area contributed by atoms with Gasteiger partial charge < -0.3 is 0 Å². The van der Waals surface area contributed by atoms with Crippen LogP contribution in [0.1, 0.15) is 18.9 Å². The van der Waals surface area contributed by atoms with Crippen LogP contribution in [0.2, 0.25) is 0 Å². The molecule has 2 nitrogen and oxygen atoms in total. The number of pyridine rings is 1. The average molecular weight is 249 g/mol. The Morgan fingerprint density at radius 1 is 1.44 bits per heavy atom. The van der Waals surface area contributed by atoms with E-state index in [4.69, 9.17) is 0 Å². The highest BCUT2D eigenvalue weighted by Gasteiger charge is 2.30. The molecule has 0 aliphatic heterocycles. The first kappa shape index (κ1) is 13.0. The van der Waals surface area contributed by atoms with Crippen molar-refractivity contribution in [3.05, 3.63) is 23.9 Å². The van der Waals surface area contributed by atoms with Crippen molar-refractivity contribution in [2.45, 2.75) is 24.5 Å². The molecule has 0 unspecified atom stereocenters. The van der Waals surface area contributed by atoms with Crippen molar-refractivity contribution in [2.75, 3.05) is 5.75 Å². The van der Waals surface area contributed by atoms with Gasteiger partial charge in [0.1, 0.15) is 5.78 Å². The van der Waals surface area contributed by atoms with Gasteiger partial charge in [-0.25, -0.2) is 4.98 Å². The first-order valence-electron chi connectivity index (χ1n) is 4.61. The minimum absolute atomic E-state index is 0.0479. The number of thioether (sulfide) groups is 1. The molecule has 0 saturated carbocycles. The zero-order valence-electron chi connectivity index (χ0n) is 8.54. The van der Waals surface area contributed by atoms with Crippen molar-refractivity contribution in [2.24, 2.45) is 0 Å². The van der Waals surface area contributed by atoms with E-state index in [1.54, 1.807) is 6.92 Å². The summed E-state index contributed by atoms with van der Waals surface area (Å²) in [4.78, 5) is 14.6. The van der Waals surface area contributed by atoms with E-state index >= 15 is 0 Å². The van der Waals surface area contributed by atoms with Crippen molar-refractivity contribution in [1.29, 1.82) is 0 Å². The largest absolute Gasteiger partial charge is 0.417 e. The highest BCUT2D eigenvalue weighted by molar-refractivity contribution is 7.99. The van der Waals surface area contributed by atoms with Crippen LogP contribution in [-0.2, 0) is 11.0 Å². The summed E-state index contributed by atoms with van der Waals surface area (Å²) in [6.07, 6.45) is -3.16. The molecule has 1 aromatic rings. The van der Waals surface area contributed by atoms with Gasteiger partial charge in [0.25, 0.3) is 0 Å². The number of carbonyl (C=O) groups is 1. The molecular weight excluding hydrogens is 239 g/mol. The molecule has 1 aromatic heterocycles. The monoisotopic (exact) mass is 249 g/mol. The molecule has 0 fully saturated rings. The van der Waals surface area contributed by atoms with Gasteiger partial charge in [-0.3, -0.25) is 4.79 Å². The molecule has 16 heavy (non-hydrogen) atoms. The summed E-state index contributed by atoms with van der Waals surface area (Å²) in [7, 11) is 0. The molecule has 0 bridgehead atoms. The van der Waals surface area contributed by atoms with Crippen LogP contribution < -0.4 is 0 Å². The van der Waals surface area contributed by atoms with Gasteiger partial charge in [0, 0.05) is 12.6 Å². The molecule has 1 heterocycles. The maximum absolute atomic E-state index is 12.2. The Morgan fingerprint density at radius 3 is 2.56 bits per heavy atom. The van der Waals surface area contributed by atoms with Crippen LogP contribution >= 0.6 is 11.8 Å². The minimum atomic E-state index is -4.37. The zero-order chi connectivity index (χ0) is 12.2. The topological polar surface area (TPSA) is 30.0 Å². The molecule has 88 valence electrons. The average Bonchev–Trinajstić information content (AvgIpc) is 2.25. The molecule has 0 aromatic carbocycles. The summed E-state index contributed by atoms with van der Waals surface area (Å²) >= 11 is 1.14. The maximum atomic E-state index is 12.2. The van der Waals surface area contributed by atoms with Gasteiger partial charge in [0.15, 0.2) is 0 Å². The molecule has 0 spiro atoms. The molecule has 0 aliphatic rings. The Labute approximate surface area is 95.3 Å². The van der Waals surface area contributed by atoms with E-state index in [2.05, 4.69) is 4.98 Å². The van der Waals surface area contributed by atoms with Gasteiger partial charge in [-0.1, -0.05) is 18.7 Å². The highest BCUT2D eigenvalue weighted by atomic mass is 32.2. The number of carbonyl (C=O) groups excluding carboxylic acids is 1. The van der Waals surface area contributed by atoms with Crippen LogP contribution in [0, 0.1) is 0 Å². The lowest BCUT2D eigenvalue weighted by Gasteiger charge is -2.06. The lowest BCUT2D eigenvalue weighted by atomic mass is 10.3. The standard InChI is InChI=1S/C10H10F3NOS/c1-2-8(15)6-16-9-4-3-7(5-14-9)10(11,12)13/h3-5H,2,6H2,1H3. The third-order valence-corrected chi connectivity index (χ3v) is 2.84. The van der Waals surface area contributed by atoms with Crippen LogP contribution in [0.25, 0.3) is 0 Å². The van der Waals surface area contributed by atoms with E-state index in [-0.39, 0.29) is 11.5 Å². The second kappa shape index (κ2) is 5.34. The number of rotatable bonds is 4. The molecule has 0 N–H and O–H groups in total. The van der Waals surface area contributed by atoms with Crippen LogP contribution in [0.5, 0.6) is 0 Å². The molecular formula is C10H10F3NOS. The quantitative estimate of drug-likeness (QED) is 0.768. The highest BCUT2D eigenvalue weighted by Crippen LogP contribution is 2.29. The van der Waals surface area contributed by atoms with Crippen molar-refractivity contribution in [3.8, 4) is 0 Å². The number of nitrogens with zero attached hydrogens (tertiary/aromatic N) is 1. The van der Waals surface area contributed by atoms with E-state index in [1.807, 2.05) is 0 Å². The van der Waals surface area contributed by atoms with Gasteiger partial charge in [-0.05, 0) is 12.1 Å². The van der Waals surface area contributed by atoms with E-state index in [9.17, 15) is 18.0 Å². The second-order valence-electron chi connectivity index (χ2n) is 3.06. The molecule has 0 amide bonds. The normalized spacial score (nSPS) is 11.5. The summed E-state index contributed by atoms with van der Waals surface area (Å²) in [5.74, 6) is 0.293. The van der Waals surface area contributed by atoms with Crippen LogP contribution in [-0.4, -0.2) is 16.5 Å². The fourth-order valence-electron chi connectivity index (χ4n) is 0.890. The third-order valence-electron chi connectivity index (χ3n) is 1.84. The van der Waals surface area contributed by atoms with Crippen molar-refractivity contribution in [1.82, 2.24) is 4.98 Å². The number of hydrogen-bond donors (Lipinski definition) is 0. The predicted octanol–water partition coefficient (Wildman–Crippen LogP) is 3.17. The first-order valence-corrected chi connectivity index (χ1v) is 5.59. The van der Waals surface area contributed by atoms with E-state index in [1.165, 1.54) is 6.07 Å². The zero-order valence-corrected chi connectivity index (χ0v) is 9.36. The molecule has 0 radical (unpaired) electrons. The van der Waals surface area contributed by atoms with Gasteiger partial charge >= 0.3 is 6.18 Å². The SMILES string of the molecule is CCC(=O)CSc1ccc(C(F)(F)F)cn1. The Bertz CT molecular complexity index is 361. The lowest BCUT2D eigenvalue weighted by molar-refractivity contribution is -0.137. The Kier molecular flexibility index (Phi) is 4.35. The number of halogens is 3.